The van der Waals surface area contributed by atoms with Gasteiger partial charge in [-0.05, 0) is 42.0 Å². The van der Waals surface area contributed by atoms with Crippen molar-refractivity contribution < 1.29 is 0 Å². The predicted molar refractivity (Wildman–Crippen MR) is 86.3 cm³/mol. The van der Waals surface area contributed by atoms with E-state index in [1.165, 1.54) is 15.3 Å². The molecule has 0 aliphatic carbocycles. The van der Waals surface area contributed by atoms with Crippen molar-refractivity contribution in [1.82, 2.24) is 0 Å². The van der Waals surface area contributed by atoms with E-state index in [2.05, 4.69) is 10.8 Å². The van der Waals surface area contributed by atoms with E-state index in [1.807, 2.05) is 48.5 Å². The second-order valence-electron chi connectivity index (χ2n) is 3.58. The molecule has 0 amide bonds. The topological polar surface area (TPSA) is 0 Å². The van der Waals surface area contributed by atoms with Crippen molar-refractivity contribution in [1.29, 1.82) is 0 Å². The molecule has 0 fully saturated rings. The van der Waals surface area contributed by atoms with Crippen molar-refractivity contribution in [2.45, 2.75) is 5.88 Å². The van der Waals surface area contributed by atoms with Gasteiger partial charge in [0.05, 0.1) is 5.88 Å². The first-order chi connectivity index (χ1) is 9.29. The van der Waals surface area contributed by atoms with Crippen molar-refractivity contribution in [3.63, 3.8) is 0 Å². The zero-order valence-corrected chi connectivity index (χ0v) is 13.0. The molecule has 0 N–H and O–H groups in total. The number of halogens is 2. The minimum absolute atomic E-state index is 0.619. The Labute approximate surface area is 131 Å². The fourth-order valence-electron chi connectivity index (χ4n) is 1.35. The van der Waals surface area contributed by atoms with Crippen molar-refractivity contribution in [2.24, 2.45) is 0 Å². The summed E-state index contributed by atoms with van der Waals surface area (Å²) < 4.78 is 0. The highest BCUT2D eigenvalue weighted by atomic mass is 35.5. The van der Waals surface area contributed by atoms with Gasteiger partial charge in [-0.1, -0.05) is 23.7 Å². The Morgan fingerprint density at radius 2 is 1.58 bits per heavy atom. The largest absolute Gasteiger partial charge is 0.138 e. The van der Waals surface area contributed by atoms with Crippen LogP contribution in [0.3, 0.4) is 0 Å². The fourth-order valence-corrected chi connectivity index (χ4v) is 2.86. The quantitative estimate of drug-likeness (QED) is 0.495. The molecular formula is C15H10Cl2S2. The second kappa shape index (κ2) is 7.71. The van der Waals surface area contributed by atoms with E-state index >= 15 is 0 Å². The van der Waals surface area contributed by atoms with Gasteiger partial charge < -0.3 is 0 Å². The molecule has 0 saturated heterocycles. The molecule has 0 saturated carbocycles. The van der Waals surface area contributed by atoms with Crippen LogP contribution in [-0.2, 0) is 5.88 Å². The SMILES string of the molecule is ClCc1cc[c]s1.Clc1ccc(-c2cc[c]s2)cc1. The van der Waals surface area contributed by atoms with Gasteiger partial charge in [0.25, 0.3) is 0 Å². The fraction of sp³-hybridized carbons (Fsp3) is 0.0667. The van der Waals surface area contributed by atoms with Crippen LogP contribution in [0.25, 0.3) is 10.4 Å². The molecule has 2 heterocycles. The molecular weight excluding hydrogens is 315 g/mol. The van der Waals surface area contributed by atoms with E-state index in [0.717, 1.165) is 5.02 Å². The monoisotopic (exact) mass is 324 g/mol. The van der Waals surface area contributed by atoms with Gasteiger partial charge >= 0.3 is 0 Å². The van der Waals surface area contributed by atoms with E-state index in [4.69, 9.17) is 23.2 Å². The minimum atomic E-state index is 0.619. The van der Waals surface area contributed by atoms with E-state index in [9.17, 15) is 0 Å². The van der Waals surface area contributed by atoms with Crippen molar-refractivity contribution >= 4 is 45.9 Å². The first-order valence-electron chi connectivity index (χ1n) is 5.52. The maximum atomic E-state index is 5.77. The Kier molecular flexibility index (Phi) is 5.93. The molecule has 0 unspecified atom stereocenters. The van der Waals surface area contributed by atoms with Gasteiger partial charge in [0, 0.05) is 25.5 Å². The lowest BCUT2D eigenvalue weighted by molar-refractivity contribution is 1.53. The van der Waals surface area contributed by atoms with Gasteiger partial charge in [-0.2, -0.15) is 0 Å². The molecule has 1 aromatic carbocycles. The molecule has 0 nitrogen and oxygen atoms in total. The molecule has 0 aliphatic heterocycles. The summed E-state index contributed by atoms with van der Waals surface area (Å²) in [6.45, 7) is 0. The standard InChI is InChI=1S/C10H6ClS.C5H4ClS/c11-9-5-3-8(4-6-9)10-2-1-7-12-10;6-4-5-2-1-3-7-5/h1-6H;1-2H,4H2. The van der Waals surface area contributed by atoms with Crippen molar-refractivity contribution in [3.05, 3.63) is 69.2 Å². The van der Waals surface area contributed by atoms with Crippen LogP contribution in [0.4, 0.5) is 0 Å². The van der Waals surface area contributed by atoms with Crippen LogP contribution < -0.4 is 0 Å². The molecule has 3 aromatic rings. The van der Waals surface area contributed by atoms with Gasteiger partial charge in [0.2, 0.25) is 0 Å². The predicted octanol–water partition coefficient (Wildman–Crippen LogP) is 6.16. The van der Waals surface area contributed by atoms with E-state index in [0.29, 0.717) is 5.88 Å². The number of thiophene rings is 2. The van der Waals surface area contributed by atoms with Crippen LogP contribution in [0.15, 0.2) is 48.5 Å². The number of alkyl halides is 1. The molecule has 4 heteroatoms. The normalized spacial score (nSPS) is 9.79. The Hall–Kier alpha value is -0.800. The van der Waals surface area contributed by atoms with Crippen LogP contribution in [0, 0.1) is 10.8 Å². The Balaban J connectivity index is 0.000000163. The Morgan fingerprint density at radius 1 is 0.895 bits per heavy atom. The van der Waals surface area contributed by atoms with Crippen LogP contribution in [0.5, 0.6) is 0 Å². The lowest BCUT2D eigenvalue weighted by Crippen LogP contribution is -1.69. The third-order valence-electron chi connectivity index (χ3n) is 2.26. The minimum Gasteiger partial charge on any atom is -0.138 e. The van der Waals surface area contributed by atoms with Crippen LogP contribution >= 0.6 is 45.9 Å². The summed E-state index contributed by atoms with van der Waals surface area (Å²) in [5.41, 5.74) is 1.20. The number of hydrogen-bond acceptors (Lipinski definition) is 2. The third kappa shape index (κ3) is 4.66. The summed E-state index contributed by atoms with van der Waals surface area (Å²) >= 11 is 14.4. The lowest BCUT2D eigenvalue weighted by atomic mass is 10.2. The summed E-state index contributed by atoms with van der Waals surface area (Å²) in [5.74, 6) is 0.619. The first-order valence-corrected chi connectivity index (χ1v) is 8.06. The molecule has 2 radical (unpaired) electrons. The van der Waals surface area contributed by atoms with Gasteiger partial charge in [0.1, 0.15) is 0 Å². The maximum absolute atomic E-state index is 5.77. The number of rotatable bonds is 2. The highest BCUT2D eigenvalue weighted by Gasteiger charge is 1.96. The smallest absolute Gasteiger partial charge is 0.0568 e. The molecule has 19 heavy (non-hydrogen) atoms. The average Bonchev–Trinajstić information content (AvgIpc) is 3.14. The zero-order valence-electron chi connectivity index (χ0n) is 9.90. The summed E-state index contributed by atoms with van der Waals surface area (Å²) in [5, 5.41) is 6.77. The van der Waals surface area contributed by atoms with Gasteiger partial charge in [-0.25, -0.2) is 0 Å². The lowest BCUT2D eigenvalue weighted by Gasteiger charge is -1.95. The average molecular weight is 325 g/mol. The molecule has 96 valence electrons. The van der Waals surface area contributed by atoms with Crippen LogP contribution in [0.2, 0.25) is 5.02 Å². The van der Waals surface area contributed by atoms with Crippen molar-refractivity contribution in [2.75, 3.05) is 0 Å². The van der Waals surface area contributed by atoms with Gasteiger partial charge in [-0.3, -0.25) is 0 Å². The first kappa shape index (κ1) is 14.6. The van der Waals surface area contributed by atoms with E-state index < -0.39 is 0 Å². The maximum Gasteiger partial charge on any atom is 0.0568 e. The molecule has 2 aromatic heterocycles. The molecule has 0 aliphatic rings. The Morgan fingerprint density at radius 3 is 2.05 bits per heavy atom. The van der Waals surface area contributed by atoms with Gasteiger partial charge in [0.15, 0.2) is 0 Å². The van der Waals surface area contributed by atoms with Gasteiger partial charge in [-0.15, -0.1) is 34.3 Å². The Bertz CT molecular complexity index is 569. The van der Waals surface area contributed by atoms with E-state index in [-0.39, 0.29) is 0 Å². The summed E-state index contributed by atoms with van der Waals surface area (Å²) in [6.07, 6.45) is 0. The van der Waals surface area contributed by atoms with E-state index in [1.54, 1.807) is 22.7 Å². The molecule has 0 bridgehead atoms. The third-order valence-corrected chi connectivity index (χ3v) is 4.60. The second-order valence-corrected chi connectivity index (χ2v) is 6.13. The molecule has 3 rings (SSSR count). The number of benzene rings is 1. The van der Waals surface area contributed by atoms with Crippen LogP contribution in [-0.4, -0.2) is 0 Å². The molecule has 0 atom stereocenters. The highest BCUT2D eigenvalue weighted by Crippen LogP contribution is 2.25. The zero-order chi connectivity index (χ0) is 13.5. The highest BCUT2D eigenvalue weighted by molar-refractivity contribution is 7.13. The van der Waals surface area contributed by atoms with Crippen molar-refractivity contribution in [3.8, 4) is 10.4 Å². The molecule has 0 spiro atoms. The summed E-state index contributed by atoms with van der Waals surface area (Å²) in [4.78, 5) is 2.41. The summed E-state index contributed by atoms with van der Waals surface area (Å²) in [6, 6.07) is 15.7. The van der Waals surface area contributed by atoms with Crippen LogP contribution in [0.1, 0.15) is 4.88 Å². The summed E-state index contributed by atoms with van der Waals surface area (Å²) in [7, 11) is 0. The number of hydrogen-bond donors (Lipinski definition) is 0.